The van der Waals surface area contributed by atoms with Crippen LogP contribution in [0, 0.1) is 12.3 Å². The van der Waals surface area contributed by atoms with Crippen molar-refractivity contribution in [1.82, 2.24) is 20.6 Å². The van der Waals surface area contributed by atoms with Crippen LogP contribution < -0.4 is 16.0 Å². The van der Waals surface area contributed by atoms with Gasteiger partial charge in [0.2, 0.25) is 5.95 Å². The number of hydrogen-bond acceptors (Lipinski definition) is 7. The van der Waals surface area contributed by atoms with Crippen LogP contribution in [0.5, 0.6) is 0 Å². The fourth-order valence-electron chi connectivity index (χ4n) is 2.61. The molecule has 0 aliphatic carbocycles. The lowest BCUT2D eigenvalue weighted by atomic mass is 10.0. The smallest absolute Gasteiger partial charge is 0.407 e. The van der Waals surface area contributed by atoms with Gasteiger partial charge in [0.25, 0.3) is 0 Å². The molecule has 1 amide bonds. The molecule has 30 heavy (non-hydrogen) atoms. The first-order chi connectivity index (χ1) is 14.1. The normalized spacial score (nSPS) is 11.9. The maximum atomic E-state index is 11.9. The van der Waals surface area contributed by atoms with Crippen LogP contribution in [0.3, 0.4) is 0 Å². The molecule has 0 atom stereocenters. The van der Waals surface area contributed by atoms with Crippen molar-refractivity contribution in [3.63, 3.8) is 0 Å². The number of alkyl carbamates (subject to hydrolysis) is 1. The monoisotopic (exact) mass is 410 g/mol. The molecular weight excluding hydrogens is 380 g/mol. The number of benzene rings is 1. The number of nitrogens with zero attached hydrogens (tertiary/aromatic N) is 2. The van der Waals surface area contributed by atoms with E-state index in [1.807, 2.05) is 58.9 Å². The van der Waals surface area contributed by atoms with Gasteiger partial charge >= 0.3 is 6.09 Å². The van der Waals surface area contributed by atoms with E-state index in [1.165, 1.54) is 6.21 Å². The van der Waals surface area contributed by atoms with E-state index in [1.54, 1.807) is 13.2 Å². The zero-order valence-corrected chi connectivity index (χ0v) is 18.4. The summed E-state index contributed by atoms with van der Waals surface area (Å²) in [4.78, 5) is 20.7. The largest absolute Gasteiger partial charge is 0.444 e. The Labute approximate surface area is 177 Å². The quantitative estimate of drug-likeness (QED) is 0.514. The van der Waals surface area contributed by atoms with Gasteiger partial charge in [-0.25, -0.2) is 14.8 Å². The number of anilines is 1. The predicted molar refractivity (Wildman–Crippen MR) is 119 cm³/mol. The van der Waals surface area contributed by atoms with Crippen molar-refractivity contribution in [3.05, 3.63) is 53.0 Å². The van der Waals surface area contributed by atoms with Crippen LogP contribution in [-0.4, -0.2) is 34.9 Å². The number of ether oxygens (including phenoxy) is 1. The van der Waals surface area contributed by atoms with E-state index in [4.69, 9.17) is 10.1 Å². The van der Waals surface area contributed by atoms with Crippen molar-refractivity contribution < 1.29 is 9.53 Å². The highest BCUT2D eigenvalue weighted by atomic mass is 16.6. The van der Waals surface area contributed by atoms with Crippen LogP contribution in [0.1, 0.15) is 38.8 Å². The summed E-state index contributed by atoms with van der Waals surface area (Å²) < 4.78 is 5.27. The molecule has 0 bridgehead atoms. The second-order valence-electron chi connectivity index (χ2n) is 7.82. The molecule has 160 valence electrons. The molecule has 1 aromatic heterocycles. The van der Waals surface area contributed by atoms with Crippen molar-refractivity contribution in [2.45, 2.75) is 46.8 Å². The van der Waals surface area contributed by atoms with E-state index < -0.39 is 11.7 Å². The molecule has 0 fully saturated rings. The Morgan fingerprint density at radius 3 is 2.60 bits per heavy atom. The molecule has 0 saturated heterocycles. The van der Waals surface area contributed by atoms with E-state index in [9.17, 15) is 4.79 Å². The summed E-state index contributed by atoms with van der Waals surface area (Å²) in [6.07, 6.45) is 2.46. The Balaban J connectivity index is 2.15. The van der Waals surface area contributed by atoms with Crippen molar-refractivity contribution in [2.75, 3.05) is 12.4 Å². The van der Waals surface area contributed by atoms with Crippen LogP contribution in [-0.2, 0) is 11.3 Å². The van der Waals surface area contributed by atoms with Gasteiger partial charge in [0.05, 0.1) is 11.4 Å². The summed E-state index contributed by atoms with van der Waals surface area (Å²) in [6.45, 7) is 9.73. The van der Waals surface area contributed by atoms with Gasteiger partial charge in [0.1, 0.15) is 5.60 Å². The molecule has 8 nitrogen and oxygen atoms in total. The lowest BCUT2D eigenvalue weighted by Gasteiger charge is -2.20. The van der Waals surface area contributed by atoms with E-state index in [0.717, 1.165) is 28.1 Å². The standard InChI is InChI=1S/C22H30N6O2/c1-14-11-16(7-8-17(14)13-26-21(29)30-22(3,4)5)18-9-10-25-20(27-18)28-19(12-23)15(2)24-6/h7-12,23-24H,13H2,1-6H3,(H,26,29)(H,25,27,28)/b19-15+,23-12?. The second-order valence-corrected chi connectivity index (χ2v) is 7.82. The number of nitrogens with one attached hydrogen (secondary N) is 4. The van der Waals surface area contributed by atoms with Crippen LogP contribution in [0.25, 0.3) is 11.3 Å². The SMILES string of the molecule is CN/C(C)=C(\C=N)Nc1nccc(-c2ccc(CNC(=O)OC(C)(C)C)c(C)c2)n1. The number of hydrogen-bond donors (Lipinski definition) is 4. The molecule has 1 heterocycles. The first-order valence-electron chi connectivity index (χ1n) is 9.69. The summed E-state index contributed by atoms with van der Waals surface area (Å²) in [6, 6.07) is 7.77. The molecular formula is C22H30N6O2. The van der Waals surface area contributed by atoms with E-state index in [0.29, 0.717) is 18.2 Å². The molecule has 0 saturated carbocycles. The first-order valence-corrected chi connectivity index (χ1v) is 9.69. The zero-order chi connectivity index (χ0) is 22.3. The Hall–Kier alpha value is -3.42. The lowest BCUT2D eigenvalue weighted by molar-refractivity contribution is 0.0523. The van der Waals surface area contributed by atoms with E-state index >= 15 is 0 Å². The summed E-state index contributed by atoms with van der Waals surface area (Å²) in [5.41, 5.74) is 4.60. The van der Waals surface area contributed by atoms with Crippen LogP contribution >= 0.6 is 0 Å². The van der Waals surface area contributed by atoms with Crippen LogP contribution in [0.2, 0.25) is 0 Å². The van der Waals surface area contributed by atoms with Crippen molar-refractivity contribution in [3.8, 4) is 11.3 Å². The van der Waals surface area contributed by atoms with Crippen molar-refractivity contribution >= 4 is 18.3 Å². The number of aryl methyl sites for hydroxylation is 1. The molecule has 0 unspecified atom stereocenters. The predicted octanol–water partition coefficient (Wildman–Crippen LogP) is 3.99. The fourth-order valence-corrected chi connectivity index (χ4v) is 2.61. The van der Waals surface area contributed by atoms with Gasteiger partial charge in [-0.2, -0.15) is 0 Å². The average molecular weight is 411 g/mol. The fraction of sp³-hybridized carbons (Fsp3) is 0.364. The first kappa shape index (κ1) is 22.9. The van der Waals surface area contributed by atoms with Gasteiger partial charge in [0, 0.05) is 37.3 Å². The highest BCUT2D eigenvalue weighted by molar-refractivity contribution is 5.80. The third-order valence-corrected chi connectivity index (χ3v) is 4.29. The van der Waals surface area contributed by atoms with Crippen LogP contribution in [0.4, 0.5) is 10.7 Å². The van der Waals surface area contributed by atoms with Gasteiger partial charge in [0.15, 0.2) is 0 Å². The number of aromatic nitrogens is 2. The summed E-state index contributed by atoms with van der Waals surface area (Å²) in [7, 11) is 1.79. The molecule has 8 heteroatoms. The lowest BCUT2D eigenvalue weighted by Crippen LogP contribution is -2.32. The van der Waals surface area contributed by atoms with Gasteiger partial charge < -0.3 is 26.1 Å². The number of carbonyl (C=O) groups excluding carboxylic acids is 1. The Morgan fingerprint density at radius 1 is 1.27 bits per heavy atom. The van der Waals surface area contributed by atoms with Crippen molar-refractivity contribution in [2.24, 2.45) is 0 Å². The third kappa shape index (κ3) is 6.58. The maximum Gasteiger partial charge on any atom is 0.407 e. The minimum atomic E-state index is -0.528. The van der Waals surface area contributed by atoms with Gasteiger partial charge in [-0.1, -0.05) is 12.1 Å². The van der Waals surface area contributed by atoms with E-state index in [2.05, 4.69) is 25.9 Å². The molecule has 4 N–H and O–H groups in total. The molecule has 0 aliphatic rings. The topological polar surface area (TPSA) is 112 Å². The van der Waals surface area contributed by atoms with Crippen LogP contribution in [0.15, 0.2) is 41.9 Å². The summed E-state index contributed by atoms with van der Waals surface area (Å²) in [5.74, 6) is 0.411. The molecule has 2 aromatic rings. The van der Waals surface area contributed by atoms with Crippen molar-refractivity contribution in [1.29, 1.82) is 5.41 Å². The average Bonchev–Trinajstić information content (AvgIpc) is 2.69. The number of amides is 1. The van der Waals surface area contributed by atoms with Gasteiger partial charge in [-0.05, 0) is 57.9 Å². The maximum absolute atomic E-state index is 11.9. The molecule has 1 aromatic carbocycles. The van der Waals surface area contributed by atoms with Gasteiger partial charge in [-0.15, -0.1) is 0 Å². The zero-order valence-electron chi connectivity index (χ0n) is 18.4. The third-order valence-electron chi connectivity index (χ3n) is 4.29. The number of allylic oxidation sites excluding steroid dienone is 2. The highest BCUT2D eigenvalue weighted by Gasteiger charge is 2.16. The van der Waals surface area contributed by atoms with E-state index in [-0.39, 0.29) is 0 Å². The highest BCUT2D eigenvalue weighted by Crippen LogP contribution is 2.22. The molecule has 0 spiro atoms. The van der Waals surface area contributed by atoms with Gasteiger partial charge in [-0.3, -0.25) is 0 Å². The molecule has 0 radical (unpaired) electrons. The minimum absolute atomic E-state index is 0.383. The molecule has 2 rings (SSSR count). The number of carbonyl (C=O) groups is 1. The summed E-state index contributed by atoms with van der Waals surface area (Å²) in [5, 5.41) is 16.4. The second kappa shape index (κ2) is 9.87. The minimum Gasteiger partial charge on any atom is -0.444 e. The summed E-state index contributed by atoms with van der Waals surface area (Å²) >= 11 is 0. The Kier molecular flexibility index (Phi) is 7.52. The molecule has 0 aliphatic heterocycles. The number of rotatable bonds is 7. The Morgan fingerprint density at radius 2 is 2.00 bits per heavy atom. The Bertz CT molecular complexity index is 947.